The summed E-state index contributed by atoms with van der Waals surface area (Å²) in [7, 11) is 0. The van der Waals surface area contributed by atoms with E-state index in [4.69, 9.17) is 0 Å². The van der Waals surface area contributed by atoms with Gasteiger partial charge in [-0.15, -0.1) is 0 Å². The summed E-state index contributed by atoms with van der Waals surface area (Å²) in [4.78, 5) is 26.2. The molecule has 1 heterocycles. The van der Waals surface area contributed by atoms with E-state index >= 15 is 0 Å². The molecular formula is C18H24FN3O2. The summed E-state index contributed by atoms with van der Waals surface area (Å²) in [5.74, 6) is -0.424. The zero-order valence-electron chi connectivity index (χ0n) is 14.0. The number of hydrogen-bond donors (Lipinski definition) is 2. The van der Waals surface area contributed by atoms with Gasteiger partial charge in [-0.3, -0.25) is 4.79 Å². The van der Waals surface area contributed by atoms with Gasteiger partial charge in [0.25, 0.3) is 0 Å². The Kier molecular flexibility index (Phi) is 5.02. The monoisotopic (exact) mass is 333 g/mol. The first-order valence-electron chi connectivity index (χ1n) is 8.69. The zero-order chi connectivity index (χ0) is 17.1. The topological polar surface area (TPSA) is 61.4 Å². The predicted octanol–water partition coefficient (Wildman–Crippen LogP) is 2.87. The predicted molar refractivity (Wildman–Crippen MR) is 90.4 cm³/mol. The largest absolute Gasteiger partial charge is 0.335 e. The molecule has 2 N–H and O–H groups in total. The second-order valence-corrected chi connectivity index (χ2v) is 6.72. The highest BCUT2D eigenvalue weighted by Gasteiger charge is 2.34. The van der Waals surface area contributed by atoms with Gasteiger partial charge in [-0.05, 0) is 49.9 Å². The Labute approximate surface area is 141 Å². The summed E-state index contributed by atoms with van der Waals surface area (Å²) < 4.78 is 13.4. The molecule has 1 atom stereocenters. The highest BCUT2D eigenvalue weighted by Crippen LogP contribution is 2.24. The molecule has 0 aromatic heterocycles. The first kappa shape index (κ1) is 16.7. The number of halogens is 1. The molecule has 1 saturated carbocycles. The van der Waals surface area contributed by atoms with Crippen molar-refractivity contribution in [3.63, 3.8) is 0 Å². The number of aryl methyl sites for hydroxylation is 1. The number of nitrogens with one attached hydrogen (secondary N) is 2. The summed E-state index contributed by atoms with van der Waals surface area (Å²) in [6.45, 7) is 2.20. The Morgan fingerprint density at radius 2 is 1.92 bits per heavy atom. The normalized spacial score (nSPS) is 21.8. The Morgan fingerprint density at radius 1 is 1.17 bits per heavy atom. The number of carbonyl (C=O) groups is 2. The molecule has 3 rings (SSSR count). The van der Waals surface area contributed by atoms with E-state index in [0.29, 0.717) is 24.2 Å². The van der Waals surface area contributed by atoms with Crippen molar-refractivity contribution < 1.29 is 14.0 Å². The lowest BCUT2D eigenvalue weighted by Crippen LogP contribution is -2.49. The van der Waals surface area contributed by atoms with Gasteiger partial charge in [0.05, 0.1) is 0 Å². The van der Waals surface area contributed by atoms with Crippen molar-refractivity contribution in [2.45, 2.75) is 57.5 Å². The quantitative estimate of drug-likeness (QED) is 0.893. The van der Waals surface area contributed by atoms with Crippen LogP contribution >= 0.6 is 0 Å². The molecule has 2 fully saturated rings. The van der Waals surface area contributed by atoms with Gasteiger partial charge in [-0.25, -0.2) is 9.18 Å². The van der Waals surface area contributed by atoms with Crippen LogP contribution < -0.4 is 15.5 Å². The van der Waals surface area contributed by atoms with Gasteiger partial charge in [0.1, 0.15) is 11.9 Å². The van der Waals surface area contributed by atoms with Gasteiger partial charge in [0, 0.05) is 18.3 Å². The molecule has 1 unspecified atom stereocenters. The number of urea groups is 1. The van der Waals surface area contributed by atoms with Gasteiger partial charge >= 0.3 is 6.03 Å². The van der Waals surface area contributed by atoms with Crippen LogP contribution in [0.5, 0.6) is 0 Å². The second-order valence-electron chi connectivity index (χ2n) is 6.72. The van der Waals surface area contributed by atoms with Crippen LogP contribution in [0, 0.1) is 12.7 Å². The van der Waals surface area contributed by atoms with E-state index in [1.54, 1.807) is 24.0 Å². The van der Waals surface area contributed by atoms with E-state index < -0.39 is 6.04 Å². The second kappa shape index (κ2) is 7.20. The summed E-state index contributed by atoms with van der Waals surface area (Å²) in [5, 5.41) is 5.75. The van der Waals surface area contributed by atoms with Crippen molar-refractivity contribution in [3.8, 4) is 0 Å². The minimum Gasteiger partial charge on any atom is -0.335 e. The molecule has 0 spiro atoms. The molecule has 0 bridgehead atoms. The van der Waals surface area contributed by atoms with E-state index in [1.165, 1.54) is 12.5 Å². The molecule has 24 heavy (non-hydrogen) atoms. The maximum absolute atomic E-state index is 13.4. The van der Waals surface area contributed by atoms with Crippen molar-refractivity contribution in [2.75, 3.05) is 11.4 Å². The molecule has 130 valence electrons. The third-order valence-corrected chi connectivity index (χ3v) is 4.90. The molecule has 1 saturated heterocycles. The Morgan fingerprint density at radius 3 is 2.62 bits per heavy atom. The van der Waals surface area contributed by atoms with Crippen LogP contribution in [-0.2, 0) is 4.79 Å². The maximum Gasteiger partial charge on any atom is 0.315 e. The lowest BCUT2D eigenvalue weighted by Gasteiger charge is -2.24. The van der Waals surface area contributed by atoms with Crippen LogP contribution in [0.2, 0.25) is 0 Å². The Balaban J connectivity index is 1.57. The van der Waals surface area contributed by atoms with Gasteiger partial charge in [0.15, 0.2) is 0 Å². The molecule has 2 aliphatic rings. The van der Waals surface area contributed by atoms with Gasteiger partial charge in [-0.1, -0.05) is 19.3 Å². The van der Waals surface area contributed by atoms with Crippen LogP contribution in [0.15, 0.2) is 18.2 Å². The van der Waals surface area contributed by atoms with Crippen LogP contribution in [-0.4, -0.2) is 30.6 Å². The molecule has 1 aromatic rings. The number of rotatable bonds is 3. The molecule has 0 radical (unpaired) electrons. The lowest BCUT2D eigenvalue weighted by molar-refractivity contribution is -0.118. The Hall–Kier alpha value is -2.11. The first-order chi connectivity index (χ1) is 11.5. The number of anilines is 1. The summed E-state index contributed by atoms with van der Waals surface area (Å²) >= 11 is 0. The molecule has 1 aliphatic carbocycles. The minimum atomic E-state index is -0.515. The third-order valence-electron chi connectivity index (χ3n) is 4.90. The van der Waals surface area contributed by atoms with Crippen molar-refractivity contribution in [1.29, 1.82) is 0 Å². The van der Waals surface area contributed by atoms with Crippen LogP contribution in [0.4, 0.5) is 14.9 Å². The standard InChI is InChI=1S/C18H24FN3O2/c1-12-11-14(7-8-15(12)19)22-10-9-16(17(22)23)21-18(24)20-13-5-3-2-4-6-13/h7-8,11,13,16H,2-6,9-10H2,1H3,(H2,20,21,24). The van der Waals surface area contributed by atoms with Gasteiger partial charge < -0.3 is 15.5 Å². The van der Waals surface area contributed by atoms with Gasteiger partial charge in [0.2, 0.25) is 5.91 Å². The van der Waals surface area contributed by atoms with Crippen LogP contribution in [0.3, 0.4) is 0 Å². The number of benzene rings is 1. The van der Waals surface area contributed by atoms with E-state index in [2.05, 4.69) is 10.6 Å². The number of nitrogens with zero attached hydrogens (tertiary/aromatic N) is 1. The van der Waals surface area contributed by atoms with Crippen molar-refractivity contribution >= 4 is 17.6 Å². The third kappa shape index (κ3) is 3.68. The fraction of sp³-hybridized carbons (Fsp3) is 0.556. The summed E-state index contributed by atoms with van der Waals surface area (Å²) in [6, 6.07) is 4.07. The van der Waals surface area contributed by atoms with Gasteiger partial charge in [-0.2, -0.15) is 0 Å². The first-order valence-corrected chi connectivity index (χ1v) is 8.69. The van der Waals surface area contributed by atoms with Crippen molar-refractivity contribution in [2.24, 2.45) is 0 Å². The molecular weight excluding hydrogens is 309 g/mol. The average Bonchev–Trinajstić information content (AvgIpc) is 2.92. The van der Waals surface area contributed by atoms with Crippen LogP contribution in [0.1, 0.15) is 44.1 Å². The van der Waals surface area contributed by atoms with E-state index in [-0.39, 0.29) is 23.8 Å². The fourth-order valence-electron chi connectivity index (χ4n) is 3.50. The highest BCUT2D eigenvalue weighted by molar-refractivity contribution is 6.01. The van der Waals surface area contributed by atoms with E-state index in [1.807, 2.05) is 0 Å². The summed E-state index contributed by atoms with van der Waals surface area (Å²) in [6.07, 6.45) is 6.09. The molecule has 6 heteroatoms. The highest BCUT2D eigenvalue weighted by atomic mass is 19.1. The van der Waals surface area contributed by atoms with Crippen molar-refractivity contribution in [3.05, 3.63) is 29.6 Å². The molecule has 1 aromatic carbocycles. The fourth-order valence-corrected chi connectivity index (χ4v) is 3.50. The minimum absolute atomic E-state index is 0.139. The zero-order valence-corrected chi connectivity index (χ0v) is 14.0. The SMILES string of the molecule is Cc1cc(N2CCC(NC(=O)NC3CCCCC3)C2=O)ccc1F. The number of amides is 3. The van der Waals surface area contributed by atoms with E-state index in [9.17, 15) is 14.0 Å². The number of hydrogen-bond acceptors (Lipinski definition) is 2. The smallest absolute Gasteiger partial charge is 0.315 e. The molecule has 5 nitrogen and oxygen atoms in total. The van der Waals surface area contributed by atoms with E-state index in [0.717, 1.165) is 25.7 Å². The number of carbonyl (C=O) groups excluding carboxylic acids is 2. The summed E-state index contributed by atoms with van der Waals surface area (Å²) in [5.41, 5.74) is 1.18. The Bertz CT molecular complexity index is 629. The molecule has 3 amide bonds. The lowest BCUT2D eigenvalue weighted by atomic mass is 9.96. The van der Waals surface area contributed by atoms with Crippen LogP contribution in [0.25, 0.3) is 0 Å². The molecule has 1 aliphatic heterocycles. The van der Waals surface area contributed by atoms with Crippen molar-refractivity contribution in [1.82, 2.24) is 10.6 Å². The maximum atomic E-state index is 13.4. The average molecular weight is 333 g/mol.